The van der Waals surface area contributed by atoms with Crippen molar-refractivity contribution in [1.29, 1.82) is 0 Å². The van der Waals surface area contributed by atoms with E-state index in [1.165, 1.54) is 0 Å². The Bertz CT molecular complexity index is 295. The van der Waals surface area contributed by atoms with Gasteiger partial charge in [0.25, 0.3) is 0 Å². The number of hydrogen-bond acceptors (Lipinski definition) is 2. The van der Waals surface area contributed by atoms with Crippen LogP contribution in [0, 0.1) is 0 Å². The van der Waals surface area contributed by atoms with Crippen LogP contribution >= 0.6 is 0 Å². The van der Waals surface area contributed by atoms with Gasteiger partial charge in [-0.25, -0.2) is 0 Å². The van der Waals surface area contributed by atoms with Gasteiger partial charge in [-0.15, -0.1) is 0 Å². The Morgan fingerprint density at radius 3 is 2.58 bits per heavy atom. The third-order valence-corrected chi connectivity index (χ3v) is 1.75. The lowest BCUT2D eigenvalue weighted by atomic mass is 10.1. The summed E-state index contributed by atoms with van der Waals surface area (Å²) >= 11 is 0. The van der Waals surface area contributed by atoms with E-state index < -0.39 is 6.02 Å². The minimum atomic E-state index is -1.23. The Kier molecular flexibility index (Phi) is 2.51. The van der Waals surface area contributed by atoms with Crippen molar-refractivity contribution < 1.29 is 6.17 Å². The van der Waals surface area contributed by atoms with Crippen LogP contribution in [0.15, 0.2) is 30.3 Å². The van der Waals surface area contributed by atoms with E-state index in [4.69, 9.17) is 1.37 Å². The molecule has 1 unspecified atom stereocenters. The van der Waals surface area contributed by atoms with Crippen molar-refractivity contribution in [2.75, 3.05) is 7.05 Å². The molecule has 1 atom stereocenters. The third kappa shape index (κ3) is 1.92. The highest BCUT2D eigenvalue weighted by Crippen LogP contribution is 2.02. The summed E-state index contributed by atoms with van der Waals surface area (Å²) < 4.78 is 7.66. The molecule has 0 amide bonds. The maximum Gasteiger partial charge on any atom is 0.179 e. The number of hydrogen-bond donors (Lipinski definition) is 1. The van der Waals surface area contributed by atoms with E-state index in [0.717, 1.165) is 0 Å². The first kappa shape index (κ1) is 7.50. The fourth-order valence-corrected chi connectivity index (χ4v) is 0.920. The average molecular weight is 164 g/mol. The molecule has 0 fully saturated rings. The zero-order valence-corrected chi connectivity index (χ0v) is 7.29. The Balaban J connectivity index is 2.93. The fraction of sp³-hybridized carbons (Fsp3) is 0.300. The molecule has 1 rings (SSSR count). The smallest absolute Gasteiger partial charge is 0.179 e. The largest absolute Gasteiger partial charge is 0.310 e. The van der Waals surface area contributed by atoms with Gasteiger partial charge in [-0.3, -0.25) is 4.79 Å². The second-order valence-corrected chi connectivity index (χ2v) is 2.57. The molecule has 0 bridgehead atoms. The minimum Gasteiger partial charge on any atom is -0.310 e. The summed E-state index contributed by atoms with van der Waals surface area (Å²) in [4.78, 5) is 11.6. The van der Waals surface area contributed by atoms with Crippen LogP contribution in [0.1, 0.15) is 18.7 Å². The topological polar surface area (TPSA) is 29.1 Å². The maximum absolute atomic E-state index is 11.6. The van der Waals surface area contributed by atoms with Crippen molar-refractivity contribution in [3.8, 4) is 0 Å². The Morgan fingerprint density at radius 1 is 1.50 bits per heavy atom. The maximum atomic E-state index is 11.6. The van der Waals surface area contributed by atoms with E-state index >= 15 is 0 Å². The monoisotopic (exact) mass is 164 g/mol. The van der Waals surface area contributed by atoms with Crippen molar-refractivity contribution in [1.82, 2.24) is 5.32 Å². The highest BCUT2D eigenvalue weighted by molar-refractivity contribution is 5.99. The Labute approximate surface area is 74.0 Å². The predicted molar refractivity (Wildman–Crippen MR) is 49.3 cm³/mol. The highest BCUT2D eigenvalue weighted by atomic mass is 16.1. The molecular formula is C10H13NO. The van der Waals surface area contributed by atoms with E-state index in [2.05, 4.69) is 5.32 Å². The molecule has 0 aliphatic carbocycles. The van der Waals surface area contributed by atoms with Crippen LogP contribution < -0.4 is 5.32 Å². The summed E-state index contributed by atoms with van der Waals surface area (Å²) in [5, 5.41) is 2.66. The zero-order chi connectivity index (χ0) is 9.90. The molecule has 64 valence electrons. The first-order valence-electron chi connectivity index (χ1n) is 4.36. The third-order valence-electron chi connectivity index (χ3n) is 1.75. The van der Waals surface area contributed by atoms with Crippen molar-refractivity contribution >= 4 is 5.78 Å². The Morgan fingerprint density at radius 2 is 2.08 bits per heavy atom. The summed E-state index contributed by atoms with van der Waals surface area (Å²) in [6.07, 6.45) is 0. The summed E-state index contributed by atoms with van der Waals surface area (Å²) in [6.45, 7) is 1.54. The van der Waals surface area contributed by atoms with E-state index in [0.29, 0.717) is 5.56 Å². The molecule has 0 aromatic heterocycles. The molecule has 1 N–H and O–H groups in total. The normalized spacial score (nSPS) is 16.3. The van der Waals surface area contributed by atoms with Gasteiger partial charge < -0.3 is 5.32 Å². The van der Waals surface area contributed by atoms with Crippen LogP contribution in [-0.4, -0.2) is 18.8 Å². The molecule has 1 aromatic rings. The van der Waals surface area contributed by atoms with Crippen LogP contribution in [0.2, 0.25) is 0 Å². The van der Waals surface area contributed by atoms with Gasteiger partial charge in [-0.1, -0.05) is 30.3 Å². The van der Waals surface area contributed by atoms with Gasteiger partial charge in [0.15, 0.2) is 5.78 Å². The molecule has 12 heavy (non-hydrogen) atoms. The molecule has 2 heteroatoms. The molecule has 0 saturated carbocycles. The number of rotatable bonds is 3. The summed E-state index contributed by atoms with van der Waals surface area (Å²) in [6, 6.07) is 7.62. The first-order valence-corrected chi connectivity index (χ1v) is 3.86. The SMILES string of the molecule is [2H]C(C)(NC)C(=O)c1ccccc1. The van der Waals surface area contributed by atoms with Gasteiger partial charge in [0.05, 0.1) is 7.39 Å². The second kappa shape index (κ2) is 4.02. The number of carbonyl (C=O) groups excluding carboxylic acids is 1. The van der Waals surface area contributed by atoms with Crippen molar-refractivity contribution in [3.05, 3.63) is 35.9 Å². The number of benzene rings is 1. The van der Waals surface area contributed by atoms with Gasteiger partial charge in [0, 0.05) is 5.56 Å². The van der Waals surface area contributed by atoms with Gasteiger partial charge >= 0.3 is 0 Å². The summed E-state index contributed by atoms with van der Waals surface area (Å²) in [7, 11) is 1.60. The van der Waals surface area contributed by atoms with Crippen LogP contribution in [0.3, 0.4) is 0 Å². The number of carbonyl (C=O) groups is 1. The van der Waals surface area contributed by atoms with Gasteiger partial charge in [-0.2, -0.15) is 0 Å². The Hall–Kier alpha value is -1.15. The predicted octanol–water partition coefficient (Wildman–Crippen LogP) is 1.48. The lowest BCUT2D eigenvalue weighted by molar-refractivity contribution is 0.0955. The van der Waals surface area contributed by atoms with Crippen molar-refractivity contribution in [2.45, 2.75) is 12.9 Å². The van der Waals surface area contributed by atoms with Gasteiger partial charge in [-0.05, 0) is 14.0 Å². The zero-order valence-electron chi connectivity index (χ0n) is 8.29. The first-order chi connectivity index (χ1) is 6.08. The molecule has 0 heterocycles. The van der Waals surface area contributed by atoms with Gasteiger partial charge in [0.2, 0.25) is 0 Å². The molecule has 0 spiro atoms. The molecule has 0 saturated heterocycles. The quantitative estimate of drug-likeness (QED) is 0.685. The fourth-order valence-electron chi connectivity index (χ4n) is 0.920. The minimum absolute atomic E-state index is 0.212. The molecule has 1 aromatic carbocycles. The van der Waals surface area contributed by atoms with E-state index in [1.54, 1.807) is 38.2 Å². The van der Waals surface area contributed by atoms with Crippen LogP contribution in [0.4, 0.5) is 0 Å². The average Bonchev–Trinajstić information content (AvgIpc) is 2.18. The molecule has 0 aliphatic heterocycles. The molecule has 0 aliphatic rings. The summed E-state index contributed by atoms with van der Waals surface area (Å²) in [5.74, 6) is -0.212. The molecular weight excluding hydrogens is 150 g/mol. The summed E-state index contributed by atoms with van der Waals surface area (Å²) in [5.41, 5.74) is 0.564. The standard InChI is InChI=1S/C10H13NO/c1-8(11-2)10(12)9-6-4-3-5-7-9/h3-8,11H,1-2H3/i8D. The van der Waals surface area contributed by atoms with Crippen LogP contribution in [-0.2, 0) is 0 Å². The number of Topliss-reactive ketones (excluding diaryl/α,β-unsaturated/α-hetero) is 1. The molecule has 2 nitrogen and oxygen atoms in total. The number of nitrogens with one attached hydrogen (secondary N) is 1. The molecule has 0 radical (unpaired) electrons. The van der Waals surface area contributed by atoms with E-state index in [1.807, 2.05) is 6.07 Å². The van der Waals surface area contributed by atoms with Crippen molar-refractivity contribution in [3.63, 3.8) is 0 Å². The van der Waals surface area contributed by atoms with Crippen LogP contribution in [0.25, 0.3) is 0 Å². The van der Waals surface area contributed by atoms with Crippen LogP contribution in [0.5, 0.6) is 0 Å². The number of ketones is 1. The lowest BCUT2D eigenvalue weighted by Gasteiger charge is -2.07. The van der Waals surface area contributed by atoms with E-state index in [-0.39, 0.29) is 5.78 Å². The van der Waals surface area contributed by atoms with Crippen molar-refractivity contribution in [2.24, 2.45) is 0 Å². The number of likely N-dealkylation sites (N-methyl/N-ethyl adjacent to an activating group) is 1. The van der Waals surface area contributed by atoms with Gasteiger partial charge in [0.1, 0.15) is 0 Å². The highest BCUT2D eigenvalue weighted by Gasteiger charge is 2.11. The second-order valence-electron chi connectivity index (χ2n) is 2.57. The van der Waals surface area contributed by atoms with E-state index in [9.17, 15) is 4.79 Å². The lowest BCUT2D eigenvalue weighted by Crippen LogP contribution is -2.30.